The summed E-state index contributed by atoms with van der Waals surface area (Å²) in [6.45, 7) is 6.13. The maximum atomic E-state index is 11.5. The van der Waals surface area contributed by atoms with Crippen molar-refractivity contribution in [3.8, 4) is 0 Å². The Hall–Kier alpha value is -1.55. The van der Waals surface area contributed by atoms with E-state index in [1.54, 1.807) is 0 Å². The summed E-state index contributed by atoms with van der Waals surface area (Å²) < 4.78 is 10.9. The second-order valence-electron chi connectivity index (χ2n) is 5.82. The van der Waals surface area contributed by atoms with Gasteiger partial charge in [0.1, 0.15) is 5.60 Å². The lowest BCUT2D eigenvalue weighted by Crippen LogP contribution is -2.35. The number of hydrogen-bond acceptors (Lipinski definition) is 3. The van der Waals surface area contributed by atoms with Crippen LogP contribution in [0.3, 0.4) is 0 Å². The SMILES string of the molecule is CC(C)(C)OC(=O)NC1CC1OCc1ccccc1. The molecule has 0 saturated heterocycles. The fourth-order valence-corrected chi connectivity index (χ4v) is 1.74. The largest absolute Gasteiger partial charge is 0.444 e. The van der Waals surface area contributed by atoms with Gasteiger partial charge in [0.25, 0.3) is 0 Å². The second kappa shape index (κ2) is 5.61. The lowest BCUT2D eigenvalue weighted by Gasteiger charge is -2.19. The zero-order chi connectivity index (χ0) is 13.9. The highest BCUT2D eigenvalue weighted by molar-refractivity contribution is 5.68. The average molecular weight is 263 g/mol. The van der Waals surface area contributed by atoms with Crippen molar-refractivity contribution >= 4 is 6.09 Å². The smallest absolute Gasteiger partial charge is 0.407 e. The van der Waals surface area contributed by atoms with E-state index in [2.05, 4.69) is 5.32 Å². The van der Waals surface area contributed by atoms with Crippen LogP contribution in [0.25, 0.3) is 0 Å². The quantitative estimate of drug-likeness (QED) is 0.908. The number of alkyl carbamates (subject to hydrolysis) is 1. The van der Waals surface area contributed by atoms with Gasteiger partial charge in [-0.1, -0.05) is 30.3 Å². The number of carbonyl (C=O) groups excluding carboxylic acids is 1. The first-order chi connectivity index (χ1) is 8.94. The minimum absolute atomic E-state index is 0.0820. The van der Waals surface area contributed by atoms with Crippen molar-refractivity contribution in [3.05, 3.63) is 35.9 Å². The molecule has 0 radical (unpaired) electrons. The highest BCUT2D eigenvalue weighted by Crippen LogP contribution is 2.26. The lowest BCUT2D eigenvalue weighted by atomic mass is 10.2. The van der Waals surface area contributed by atoms with Crippen LogP contribution < -0.4 is 5.32 Å². The van der Waals surface area contributed by atoms with Gasteiger partial charge in [-0.3, -0.25) is 0 Å². The Morgan fingerprint density at radius 2 is 2.00 bits per heavy atom. The number of carbonyl (C=O) groups is 1. The Labute approximate surface area is 114 Å². The standard InChI is InChI=1S/C15H21NO3/c1-15(2,3)19-14(17)16-12-9-13(12)18-10-11-7-5-4-6-8-11/h4-8,12-13H,9-10H2,1-3H3,(H,16,17). The van der Waals surface area contributed by atoms with Gasteiger partial charge in [-0.2, -0.15) is 0 Å². The van der Waals surface area contributed by atoms with Crippen LogP contribution >= 0.6 is 0 Å². The van der Waals surface area contributed by atoms with Crippen molar-refractivity contribution < 1.29 is 14.3 Å². The summed E-state index contributed by atoms with van der Waals surface area (Å²) in [7, 11) is 0. The highest BCUT2D eigenvalue weighted by Gasteiger charge is 2.40. The van der Waals surface area contributed by atoms with Gasteiger partial charge in [0.2, 0.25) is 0 Å². The molecule has 1 aromatic carbocycles. The predicted octanol–water partition coefficient (Wildman–Crippen LogP) is 2.87. The lowest BCUT2D eigenvalue weighted by molar-refractivity contribution is 0.0489. The first kappa shape index (κ1) is 13.9. The molecule has 0 aliphatic heterocycles. The van der Waals surface area contributed by atoms with E-state index in [-0.39, 0.29) is 18.2 Å². The van der Waals surface area contributed by atoms with E-state index in [9.17, 15) is 4.79 Å². The fourth-order valence-electron chi connectivity index (χ4n) is 1.74. The summed E-state index contributed by atoms with van der Waals surface area (Å²) in [5.41, 5.74) is 0.685. The maximum absolute atomic E-state index is 11.5. The first-order valence-electron chi connectivity index (χ1n) is 6.59. The monoisotopic (exact) mass is 263 g/mol. The molecule has 19 heavy (non-hydrogen) atoms. The van der Waals surface area contributed by atoms with Crippen LogP contribution in [-0.4, -0.2) is 23.8 Å². The summed E-state index contributed by atoms with van der Waals surface area (Å²) in [5.74, 6) is 0. The van der Waals surface area contributed by atoms with Gasteiger partial charge in [-0.05, 0) is 32.8 Å². The van der Waals surface area contributed by atoms with Crippen LogP contribution in [0.5, 0.6) is 0 Å². The number of ether oxygens (including phenoxy) is 2. The Morgan fingerprint density at radius 1 is 1.32 bits per heavy atom. The fraction of sp³-hybridized carbons (Fsp3) is 0.533. The normalized spacial score (nSPS) is 21.8. The summed E-state index contributed by atoms with van der Waals surface area (Å²) in [4.78, 5) is 11.5. The highest BCUT2D eigenvalue weighted by atomic mass is 16.6. The van der Waals surface area contributed by atoms with E-state index in [1.807, 2.05) is 51.1 Å². The number of benzene rings is 1. The van der Waals surface area contributed by atoms with Gasteiger partial charge in [0, 0.05) is 0 Å². The molecule has 1 fully saturated rings. The maximum Gasteiger partial charge on any atom is 0.407 e. The molecule has 104 valence electrons. The van der Waals surface area contributed by atoms with Crippen LogP contribution in [0.1, 0.15) is 32.8 Å². The van der Waals surface area contributed by atoms with Crippen LogP contribution in [0, 0.1) is 0 Å². The van der Waals surface area contributed by atoms with Gasteiger partial charge >= 0.3 is 6.09 Å². The van der Waals surface area contributed by atoms with Crippen LogP contribution in [-0.2, 0) is 16.1 Å². The van der Waals surface area contributed by atoms with E-state index >= 15 is 0 Å². The van der Waals surface area contributed by atoms with Gasteiger partial charge in [-0.15, -0.1) is 0 Å². The third kappa shape index (κ3) is 4.91. The summed E-state index contributed by atoms with van der Waals surface area (Å²) in [6, 6.07) is 10.1. The van der Waals surface area contributed by atoms with Crippen molar-refractivity contribution in [1.29, 1.82) is 0 Å². The zero-order valence-electron chi connectivity index (χ0n) is 11.7. The molecular formula is C15H21NO3. The molecule has 0 spiro atoms. The molecule has 1 aliphatic carbocycles. The molecular weight excluding hydrogens is 242 g/mol. The molecule has 1 aromatic rings. The number of nitrogens with one attached hydrogen (secondary N) is 1. The van der Waals surface area contributed by atoms with E-state index in [0.717, 1.165) is 12.0 Å². The molecule has 2 atom stereocenters. The minimum Gasteiger partial charge on any atom is -0.444 e. The minimum atomic E-state index is -0.459. The Kier molecular flexibility index (Phi) is 4.10. The Morgan fingerprint density at radius 3 is 2.63 bits per heavy atom. The molecule has 0 bridgehead atoms. The van der Waals surface area contributed by atoms with Crippen LogP contribution in [0.4, 0.5) is 4.79 Å². The topological polar surface area (TPSA) is 47.6 Å². The zero-order valence-corrected chi connectivity index (χ0v) is 11.7. The van der Waals surface area contributed by atoms with E-state index in [0.29, 0.717) is 6.61 Å². The first-order valence-corrected chi connectivity index (χ1v) is 6.59. The molecule has 1 N–H and O–H groups in total. The number of rotatable bonds is 4. The predicted molar refractivity (Wildman–Crippen MR) is 72.8 cm³/mol. The van der Waals surface area contributed by atoms with Gasteiger partial charge in [0.05, 0.1) is 18.8 Å². The molecule has 2 unspecified atom stereocenters. The van der Waals surface area contributed by atoms with Crippen LogP contribution in [0.2, 0.25) is 0 Å². The molecule has 0 heterocycles. The van der Waals surface area contributed by atoms with Crippen molar-refractivity contribution in [2.45, 2.75) is 51.5 Å². The van der Waals surface area contributed by atoms with Gasteiger partial charge in [0.15, 0.2) is 0 Å². The third-order valence-corrected chi connectivity index (χ3v) is 2.74. The summed E-state index contributed by atoms with van der Waals surface area (Å²) in [6.07, 6.45) is 0.586. The Bertz CT molecular complexity index is 425. The molecule has 1 amide bonds. The Balaban J connectivity index is 1.66. The van der Waals surface area contributed by atoms with Gasteiger partial charge in [-0.25, -0.2) is 4.79 Å². The van der Waals surface area contributed by atoms with Gasteiger partial charge < -0.3 is 14.8 Å². The number of hydrogen-bond donors (Lipinski definition) is 1. The number of amides is 1. The van der Waals surface area contributed by atoms with Crippen LogP contribution in [0.15, 0.2) is 30.3 Å². The van der Waals surface area contributed by atoms with Crippen molar-refractivity contribution in [3.63, 3.8) is 0 Å². The van der Waals surface area contributed by atoms with E-state index in [1.165, 1.54) is 0 Å². The van der Waals surface area contributed by atoms with Crippen molar-refractivity contribution in [1.82, 2.24) is 5.32 Å². The molecule has 4 heteroatoms. The van der Waals surface area contributed by atoms with Crippen molar-refractivity contribution in [2.75, 3.05) is 0 Å². The average Bonchev–Trinajstić information content (AvgIpc) is 3.03. The van der Waals surface area contributed by atoms with Crippen molar-refractivity contribution in [2.24, 2.45) is 0 Å². The molecule has 1 aliphatic rings. The van der Waals surface area contributed by atoms with E-state index in [4.69, 9.17) is 9.47 Å². The summed E-state index contributed by atoms with van der Waals surface area (Å²) in [5, 5.41) is 2.81. The summed E-state index contributed by atoms with van der Waals surface area (Å²) >= 11 is 0. The van der Waals surface area contributed by atoms with E-state index < -0.39 is 5.60 Å². The molecule has 2 rings (SSSR count). The third-order valence-electron chi connectivity index (χ3n) is 2.74. The molecule has 0 aromatic heterocycles. The molecule has 4 nitrogen and oxygen atoms in total. The second-order valence-corrected chi connectivity index (χ2v) is 5.82. The molecule has 1 saturated carbocycles.